The first-order valence-electron chi connectivity index (χ1n) is 9.01. The van der Waals surface area contributed by atoms with Crippen molar-refractivity contribution in [3.05, 3.63) is 41.7 Å². The molecule has 2 bridgehead atoms. The van der Waals surface area contributed by atoms with Crippen LogP contribution < -0.4 is 15.8 Å². The number of carbonyl (C=O) groups excluding carboxylic acids is 1. The fraction of sp³-hybridized carbons (Fsp3) is 0.550. The molecule has 0 aromatic heterocycles. The predicted molar refractivity (Wildman–Crippen MR) is 96.1 cm³/mol. The van der Waals surface area contributed by atoms with E-state index in [2.05, 4.69) is 17.4 Å². The van der Waals surface area contributed by atoms with E-state index in [4.69, 9.17) is 10.5 Å². The van der Waals surface area contributed by atoms with Crippen LogP contribution in [-0.2, 0) is 10.2 Å². The number of nitrogens with one attached hydrogen (secondary N) is 1. The Kier molecular flexibility index (Phi) is 5.13. The third kappa shape index (κ3) is 3.71. The Morgan fingerprint density at radius 1 is 1.20 bits per heavy atom. The lowest BCUT2D eigenvalue weighted by Gasteiger charge is -2.54. The molecule has 3 N–H and O–H groups in total. The smallest absolute Gasteiger partial charge is 0.217 e. The van der Waals surface area contributed by atoms with Gasteiger partial charge in [0, 0.05) is 24.6 Å². The first kappa shape index (κ1) is 17.9. The van der Waals surface area contributed by atoms with Crippen LogP contribution in [0.5, 0.6) is 5.75 Å². The minimum atomic E-state index is 0.0218. The number of halogens is 1. The summed E-state index contributed by atoms with van der Waals surface area (Å²) in [6.07, 6.45) is 6.98. The first-order chi connectivity index (χ1) is 12.0. The third-order valence-corrected chi connectivity index (χ3v) is 5.99. The van der Waals surface area contributed by atoms with Gasteiger partial charge in [0.05, 0.1) is 6.33 Å². The second kappa shape index (κ2) is 7.16. The van der Waals surface area contributed by atoms with Gasteiger partial charge >= 0.3 is 0 Å². The molecule has 1 aromatic carbocycles. The van der Waals surface area contributed by atoms with E-state index in [1.165, 1.54) is 5.56 Å². The normalized spacial score (nSPS) is 28.7. The summed E-state index contributed by atoms with van der Waals surface area (Å²) in [5, 5.41) is 3.19. The van der Waals surface area contributed by atoms with Crippen molar-refractivity contribution < 1.29 is 13.9 Å². The van der Waals surface area contributed by atoms with Gasteiger partial charge in [0.2, 0.25) is 5.91 Å². The van der Waals surface area contributed by atoms with Gasteiger partial charge in [-0.25, -0.2) is 4.39 Å². The van der Waals surface area contributed by atoms with E-state index in [1.807, 2.05) is 12.1 Å². The number of ether oxygens (including phenoxy) is 1. The number of carbonyl (C=O) groups is 1. The Morgan fingerprint density at radius 2 is 1.80 bits per heavy atom. The topological polar surface area (TPSA) is 64.3 Å². The summed E-state index contributed by atoms with van der Waals surface area (Å²) in [6, 6.07) is 8.18. The molecule has 0 saturated heterocycles. The summed E-state index contributed by atoms with van der Waals surface area (Å²) in [6.45, 7) is 1.95. The number of fused-ring (bicyclic) bond motifs is 3. The van der Waals surface area contributed by atoms with Crippen molar-refractivity contribution in [1.82, 2.24) is 5.32 Å². The van der Waals surface area contributed by atoms with Crippen LogP contribution in [-0.4, -0.2) is 24.6 Å². The van der Waals surface area contributed by atoms with Crippen molar-refractivity contribution in [2.24, 2.45) is 5.73 Å². The van der Waals surface area contributed by atoms with Gasteiger partial charge in [-0.15, -0.1) is 0 Å². The lowest BCUT2D eigenvalue weighted by molar-refractivity contribution is -0.122. The van der Waals surface area contributed by atoms with Gasteiger partial charge < -0.3 is 15.8 Å². The number of benzene rings is 1. The zero-order chi connectivity index (χ0) is 17.9. The molecule has 3 aliphatic carbocycles. The third-order valence-electron chi connectivity index (χ3n) is 5.99. The molecule has 3 fully saturated rings. The second-order valence-electron chi connectivity index (χ2n) is 7.53. The fourth-order valence-electron chi connectivity index (χ4n) is 4.40. The van der Waals surface area contributed by atoms with Gasteiger partial charge in [-0.2, -0.15) is 0 Å². The van der Waals surface area contributed by atoms with Crippen molar-refractivity contribution in [2.75, 3.05) is 13.2 Å². The SMILES string of the molecule is CC(=O)NC12CCC(c3ccc(OCC(=CF)CN)cc3)(CC1)CC2. The maximum atomic E-state index is 12.5. The molecule has 0 atom stereocenters. The molecule has 1 amide bonds. The van der Waals surface area contributed by atoms with E-state index in [-0.39, 0.29) is 30.0 Å². The highest BCUT2D eigenvalue weighted by atomic mass is 19.1. The van der Waals surface area contributed by atoms with Crippen LogP contribution in [0.15, 0.2) is 36.2 Å². The lowest BCUT2D eigenvalue weighted by atomic mass is 9.55. The number of hydrogen-bond donors (Lipinski definition) is 2. The van der Waals surface area contributed by atoms with Crippen molar-refractivity contribution in [3.63, 3.8) is 0 Å². The largest absolute Gasteiger partial charge is 0.489 e. The molecule has 0 spiro atoms. The Morgan fingerprint density at radius 3 is 2.28 bits per heavy atom. The molecule has 0 radical (unpaired) electrons. The zero-order valence-corrected chi connectivity index (χ0v) is 14.8. The van der Waals surface area contributed by atoms with Crippen molar-refractivity contribution in [1.29, 1.82) is 0 Å². The minimum absolute atomic E-state index is 0.0218. The highest BCUT2D eigenvalue weighted by molar-refractivity contribution is 5.74. The molecular weight excluding hydrogens is 319 g/mol. The summed E-state index contributed by atoms with van der Waals surface area (Å²) in [5.41, 5.74) is 7.46. The quantitative estimate of drug-likeness (QED) is 0.830. The molecule has 3 saturated carbocycles. The molecule has 3 aliphatic rings. The van der Waals surface area contributed by atoms with Crippen LogP contribution in [0, 0.1) is 0 Å². The van der Waals surface area contributed by atoms with Gasteiger partial charge in [0.1, 0.15) is 12.4 Å². The zero-order valence-electron chi connectivity index (χ0n) is 14.8. The molecule has 4 rings (SSSR count). The number of rotatable bonds is 6. The van der Waals surface area contributed by atoms with E-state index >= 15 is 0 Å². The van der Waals surface area contributed by atoms with E-state index in [9.17, 15) is 9.18 Å². The first-order valence-corrected chi connectivity index (χ1v) is 9.01. The highest BCUT2D eigenvalue weighted by Gasteiger charge is 2.49. The van der Waals surface area contributed by atoms with Crippen LogP contribution in [0.2, 0.25) is 0 Å². The summed E-state index contributed by atoms with van der Waals surface area (Å²) >= 11 is 0. The highest BCUT2D eigenvalue weighted by Crippen LogP contribution is 2.53. The van der Waals surface area contributed by atoms with E-state index in [0.29, 0.717) is 11.9 Å². The van der Waals surface area contributed by atoms with Crippen molar-refractivity contribution in [3.8, 4) is 5.75 Å². The molecule has 0 heterocycles. The molecule has 4 nitrogen and oxygen atoms in total. The van der Waals surface area contributed by atoms with E-state index in [0.717, 1.165) is 44.3 Å². The Hall–Kier alpha value is -1.88. The number of amides is 1. The summed E-state index contributed by atoms with van der Waals surface area (Å²) in [5.74, 6) is 0.808. The molecule has 136 valence electrons. The summed E-state index contributed by atoms with van der Waals surface area (Å²) in [7, 11) is 0. The van der Waals surface area contributed by atoms with Crippen LogP contribution in [0.4, 0.5) is 4.39 Å². The average molecular weight is 346 g/mol. The molecule has 25 heavy (non-hydrogen) atoms. The average Bonchev–Trinajstić information content (AvgIpc) is 2.64. The molecule has 0 unspecified atom stereocenters. The molecule has 1 aromatic rings. The predicted octanol–water partition coefficient (Wildman–Crippen LogP) is 3.36. The summed E-state index contributed by atoms with van der Waals surface area (Å²) < 4.78 is 18.1. The Balaban J connectivity index is 1.65. The maximum Gasteiger partial charge on any atom is 0.217 e. The number of nitrogens with two attached hydrogens (primary N) is 1. The fourth-order valence-corrected chi connectivity index (χ4v) is 4.40. The van der Waals surface area contributed by atoms with E-state index < -0.39 is 0 Å². The van der Waals surface area contributed by atoms with Crippen LogP contribution in [0.25, 0.3) is 0 Å². The summed E-state index contributed by atoms with van der Waals surface area (Å²) in [4.78, 5) is 11.5. The maximum absolute atomic E-state index is 12.5. The van der Waals surface area contributed by atoms with Crippen LogP contribution in [0.3, 0.4) is 0 Å². The Labute approximate surface area is 148 Å². The van der Waals surface area contributed by atoms with Gasteiger partial charge in [-0.1, -0.05) is 12.1 Å². The number of hydrogen-bond acceptors (Lipinski definition) is 3. The molecule has 5 heteroatoms. The van der Waals surface area contributed by atoms with Crippen molar-refractivity contribution in [2.45, 2.75) is 56.4 Å². The van der Waals surface area contributed by atoms with Gasteiger partial charge in [-0.3, -0.25) is 4.79 Å². The van der Waals surface area contributed by atoms with Crippen molar-refractivity contribution >= 4 is 5.91 Å². The van der Waals surface area contributed by atoms with Gasteiger partial charge in [-0.05, 0) is 61.6 Å². The standard InChI is InChI=1S/C20H27FN2O2/c1-15(24)23-20-9-6-19(7-10-20,8-11-20)17-2-4-18(5-3-17)25-14-16(12-21)13-22/h2-5,12H,6-11,13-14,22H2,1H3,(H,23,24). The monoisotopic (exact) mass is 346 g/mol. The lowest BCUT2D eigenvalue weighted by Crippen LogP contribution is -2.57. The second-order valence-corrected chi connectivity index (χ2v) is 7.53. The van der Waals surface area contributed by atoms with E-state index in [1.54, 1.807) is 6.92 Å². The van der Waals surface area contributed by atoms with Gasteiger partial charge in [0.25, 0.3) is 0 Å². The van der Waals surface area contributed by atoms with Crippen LogP contribution >= 0.6 is 0 Å². The minimum Gasteiger partial charge on any atom is -0.489 e. The Bertz CT molecular complexity index is 630. The van der Waals surface area contributed by atoms with Gasteiger partial charge in [0.15, 0.2) is 0 Å². The molecular formula is C20H27FN2O2. The van der Waals surface area contributed by atoms with Crippen LogP contribution in [0.1, 0.15) is 51.0 Å². The molecule has 0 aliphatic heterocycles.